The summed E-state index contributed by atoms with van der Waals surface area (Å²) in [6, 6.07) is 5.68. The van der Waals surface area contributed by atoms with Crippen LogP contribution in [0.25, 0.3) is 5.65 Å². The Kier molecular flexibility index (Phi) is 5.42. The van der Waals surface area contributed by atoms with Gasteiger partial charge in [0.25, 0.3) is 0 Å². The molecule has 37 heavy (non-hydrogen) atoms. The lowest BCUT2D eigenvalue weighted by atomic mass is 9.79. The fourth-order valence-corrected chi connectivity index (χ4v) is 6.64. The summed E-state index contributed by atoms with van der Waals surface area (Å²) >= 11 is 0. The molecule has 3 aliphatic rings. The van der Waals surface area contributed by atoms with Crippen LogP contribution >= 0.6 is 0 Å². The molecule has 2 fully saturated rings. The zero-order chi connectivity index (χ0) is 26.2. The second-order valence-electron chi connectivity index (χ2n) is 11.2. The molecule has 1 spiro atoms. The highest BCUT2D eigenvalue weighted by Gasteiger charge is 2.55. The van der Waals surface area contributed by atoms with Crippen LogP contribution in [-0.2, 0) is 14.9 Å². The largest absolute Gasteiger partial charge is 0.413 e. The lowest BCUT2D eigenvalue weighted by molar-refractivity contribution is -0.191. The number of ether oxygens (including phenoxy) is 1. The number of hydrogen-bond acceptors (Lipinski definition) is 4. The SMILES string of the molecule is CC1(C)CC(c2ccc([C@H](N3CCC4(CCOCC4)C3=O)C(F)(F)F)cc2)c2cnc3cc(F)nn3c21. The second kappa shape index (κ2) is 8.24. The average molecular weight is 517 g/mol. The summed E-state index contributed by atoms with van der Waals surface area (Å²) in [6.07, 6.45) is -0.858. The molecule has 2 atom stereocenters. The summed E-state index contributed by atoms with van der Waals surface area (Å²) < 4.78 is 63.9. The van der Waals surface area contributed by atoms with Crippen LogP contribution < -0.4 is 0 Å². The summed E-state index contributed by atoms with van der Waals surface area (Å²) in [6.45, 7) is 4.97. The van der Waals surface area contributed by atoms with Gasteiger partial charge in [0.2, 0.25) is 11.9 Å². The van der Waals surface area contributed by atoms with Gasteiger partial charge < -0.3 is 9.64 Å². The van der Waals surface area contributed by atoms with Crippen molar-refractivity contribution >= 4 is 11.6 Å². The first-order valence-electron chi connectivity index (χ1n) is 12.6. The molecule has 0 bridgehead atoms. The first-order chi connectivity index (χ1) is 17.5. The van der Waals surface area contributed by atoms with Crippen molar-refractivity contribution < 1.29 is 27.1 Å². The van der Waals surface area contributed by atoms with Crippen LogP contribution in [0.3, 0.4) is 0 Å². The van der Waals surface area contributed by atoms with E-state index in [1.807, 2.05) is 13.8 Å². The first kappa shape index (κ1) is 24.3. The monoisotopic (exact) mass is 516 g/mol. The van der Waals surface area contributed by atoms with E-state index >= 15 is 0 Å². The molecule has 1 amide bonds. The van der Waals surface area contributed by atoms with Crippen LogP contribution in [0.15, 0.2) is 36.5 Å². The molecule has 1 aromatic carbocycles. The van der Waals surface area contributed by atoms with E-state index in [1.54, 1.807) is 18.3 Å². The van der Waals surface area contributed by atoms with Gasteiger partial charge in [-0.15, -0.1) is 5.10 Å². The van der Waals surface area contributed by atoms with Crippen molar-refractivity contribution in [3.05, 3.63) is 64.9 Å². The maximum Gasteiger partial charge on any atom is 0.413 e. The molecule has 0 saturated carbocycles. The highest BCUT2D eigenvalue weighted by molar-refractivity contribution is 5.85. The molecule has 4 heterocycles. The molecule has 10 heteroatoms. The fourth-order valence-electron chi connectivity index (χ4n) is 6.64. The van der Waals surface area contributed by atoms with Crippen molar-refractivity contribution in [3.63, 3.8) is 0 Å². The molecular weight excluding hydrogens is 488 g/mol. The smallest absolute Gasteiger partial charge is 0.381 e. The highest BCUT2D eigenvalue weighted by atomic mass is 19.4. The number of benzene rings is 1. The van der Waals surface area contributed by atoms with E-state index in [4.69, 9.17) is 4.74 Å². The summed E-state index contributed by atoms with van der Waals surface area (Å²) in [4.78, 5) is 18.6. The Morgan fingerprint density at radius 2 is 1.81 bits per heavy atom. The zero-order valence-corrected chi connectivity index (χ0v) is 20.7. The van der Waals surface area contributed by atoms with Gasteiger partial charge in [0.05, 0.1) is 11.1 Å². The van der Waals surface area contributed by atoms with Gasteiger partial charge in [-0.2, -0.15) is 17.6 Å². The number of fused-ring (bicyclic) bond motifs is 3. The van der Waals surface area contributed by atoms with Gasteiger partial charge in [-0.05, 0) is 36.8 Å². The Morgan fingerprint density at radius 1 is 1.11 bits per heavy atom. The summed E-state index contributed by atoms with van der Waals surface area (Å²) in [5.41, 5.74) is 1.97. The highest BCUT2D eigenvalue weighted by Crippen LogP contribution is 2.50. The molecule has 0 radical (unpaired) electrons. The lowest BCUT2D eigenvalue weighted by Gasteiger charge is -2.35. The molecule has 196 valence electrons. The molecule has 6 nitrogen and oxygen atoms in total. The third-order valence-electron chi connectivity index (χ3n) is 8.48. The van der Waals surface area contributed by atoms with Gasteiger partial charge in [0.15, 0.2) is 11.7 Å². The molecule has 0 N–H and O–H groups in total. The molecule has 6 rings (SSSR count). The van der Waals surface area contributed by atoms with Crippen molar-refractivity contribution in [1.29, 1.82) is 0 Å². The predicted octanol–water partition coefficient (Wildman–Crippen LogP) is 5.31. The topological polar surface area (TPSA) is 59.7 Å². The number of carbonyl (C=O) groups excluding carboxylic acids is 1. The number of hydrogen-bond donors (Lipinski definition) is 0. The lowest BCUT2D eigenvalue weighted by Crippen LogP contribution is -2.44. The van der Waals surface area contributed by atoms with E-state index in [0.717, 1.165) is 21.7 Å². The minimum absolute atomic E-state index is 0.0499. The summed E-state index contributed by atoms with van der Waals surface area (Å²) in [5.74, 6) is -1.15. The Bertz CT molecular complexity index is 1360. The number of amides is 1. The van der Waals surface area contributed by atoms with Gasteiger partial charge in [-0.25, -0.2) is 9.50 Å². The standard InChI is InChI=1S/C27H28F4N4O2/c1-25(2)14-18(19-15-32-21-13-20(28)33-35(21)23(19)25)16-3-5-17(6-4-16)22(27(29,30)31)34-10-7-26(24(34)36)8-11-37-12-9-26/h3-6,13,15,18,22H,7-12,14H2,1-2H3/t18?,22-/m0/s1. The Morgan fingerprint density at radius 3 is 2.49 bits per heavy atom. The number of aromatic nitrogens is 3. The van der Waals surface area contributed by atoms with Gasteiger partial charge in [0.1, 0.15) is 0 Å². The normalized spacial score (nSPS) is 23.7. The van der Waals surface area contributed by atoms with Crippen molar-refractivity contribution in [2.45, 2.75) is 63.1 Å². The van der Waals surface area contributed by atoms with Crippen LogP contribution in [-0.4, -0.2) is 51.3 Å². The molecule has 2 aliphatic heterocycles. The van der Waals surface area contributed by atoms with E-state index in [1.165, 1.54) is 22.7 Å². The summed E-state index contributed by atoms with van der Waals surface area (Å²) in [7, 11) is 0. The number of rotatable bonds is 3. The van der Waals surface area contributed by atoms with Gasteiger partial charge in [-0.1, -0.05) is 38.1 Å². The van der Waals surface area contributed by atoms with Crippen LogP contribution in [0.2, 0.25) is 0 Å². The molecule has 2 saturated heterocycles. The van der Waals surface area contributed by atoms with Crippen LogP contribution in [0.5, 0.6) is 0 Å². The minimum Gasteiger partial charge on any atom is -0.381 e. The Hall–Kier alpha value is -3.01. The van der Waals surface area contributed by atoms with E-state index in [2.05, 4.69) is 10.1 Å². The van der Waals surface area contributed by atoms with Gasteiger partial charge in [-0.3, -0.25) is 4.79 Å². The van der Waals surface area contributed by atoms with Gasteiger partial charge in [0, 0.05) is 48.9 Å². The minimum atomic E-state index is -4.60. The van der Waals surface area contributed by atoms with E-state index < -0.39 is 29.5 Å². The average Bonchev–Trinajstić information content (AvgIpc) is 3.46. The van der Waals surface area contributed by atoms with Crippen LogP contribution in [0.1, 0.15) is 73.9 Å². The maximum atomic E-state index is 14.4. The van der Waals surface area contributed by atoms with E-state index in [9.17, 15) is 22.4 Å². The number of alkyl halides is 3. The third kappa shape index (κ3) is 3.83. The Balaban J connectivity index is 1.33. The predicted molar refractivity (Wildman–Crippen MR) is 126 cm³/mol. The maximum absolute atomic E-state index is 14.4. The number of halogens is 4. The van der Waals surface area contributed by atoms with Crippen LogP contribution in [0, 0.1) is 11.4 Å². The van der Waals surface area contributed by atoms with Crippen molar-refractivity contribution in [2.75, 3.05) is 19.8 Å². The molecule has 2 aromatic heterocycles. The zero-order valence-electron chi connectivity index (χ0n) is 20.7. The van der Waals surface area contributed by atoms with Crippen molar-refractivity contribution in [2.24, 2.45) is 5.41 Å². The van der Waals surface area contributed by atoms with Gasteiger partial charge >= 0.3 is 6.18 Å². The number of likely N-dealkylation sites (tertiary alicyclic amines) is 1. The van der Waals surface area contributed by atoms with E-state index in [-0.39, 0.29) is 23.4 Å². The van der Waals surface area contributed by atoms with Crippen molar-refractivity contribution in [3.8, 4) is 0 Å². The molecular formula is C27H28F4N4O2. The number of carbonyl (C=O) groups is 1. The summed E-state index contributed by atoms with van der Waals surface area (Å²) in [5, 5.41) is 3.98. The molecule has 1 aliphatic carbocycles. The third-order valence-corrected chi connectivity index (χ3v) is 8.48. The molecule has 3 aromatic rings. The molecule has 1 unspecified atom stereocenters. The first-order valence-corrected chi connectivity index (χ1v) is 12.6. The Labute approximate surface area is 211 Å². The fraction of sp³-hybridized carbons (Fsp3) is 0.519. The quantitative estimate of drug-likeness (QED) is 0.443. The number of nitrogens with zero attached hydrogens (tertiary/aromatic N) is 4. The second-order valence-corrected chi connectivity index (χ2v) is 11.2. The van der Waals surface area contributed by atoms with Crippen molar-refractivity contribution in [1.82, 2.24) is 19.5 Å². The van der Waals surface area contributed by atoms with Crippen LogP contribution in [0.4, 0.5) is 17.6 Å². The van der Waals surface area contributed by atoms with E-state index in [0.29, 0.717) is 44.5 Å².